The van der Waals surface area contributed by atoms with Crippen molar-refractivity contribution in [1.29, 1.82) is 0 Å². The Morgan fingerprint density at radius 2 is 2.43 bits per heavy atom. The standard InChI is InChI=1S/C10H16BrN3/c1-8-7-10(11)13-9(2)14(8)6-4-3-5-12/h4,6-7,9H,3,5,12H2,1-2H3/b6-4-/t9-/m1/s1. The largest absolute Gasteiger partial charge is 0.330 e. The van der Waals surface area contributed by atoms with Gasteiger partial charge in [0.1, 0.15) is 10.8 Å². The summed E-state index contributed by atoms with van der Waals surface area (Å²) in [6.45, 7) is 4.82. The molecule has 0 amide bonds. The van der Waals surface area contributed by atoms with E-state index in [4.69, 9.17) is 5.73 Å². The molecule has 0 aromatic rings. The Labute approximate surface area is 93.5 Å². The van der Waals surface area contributed by atoms with E-state index in [0.717, 1.165) is 11.0 Å². The van der Waals surface area contributed by atoms with Crippen molar-refractivity contribution in [3.05, 3.63) is 24.0 Å². The number of hydrogen-bond acceptors (Lipinski definition) is 3. The van der Waals surface area contributed by atoms with E-state index in [-0.39, 0.29) is 6.17 Å². The smallest absolute Gasteiger partial charge is 0.123 e. The molecule has 0 aromatic carbocycles. The molecular weight excluding hydrogens is 242 g/mol. The molecule has 1 atom stereocenters. The summed E-state index contributed by atoms with van der Waals surface area (Å²) in [5, 5.41) is 0. The first-order chi connectivity index (χ1) is 6.65. The highest BCUT2D eigenvalue weighted by molar-refractivity contribution is 9.18. The maximum atomic E-state index is 5.42. The molecular formula is C10H16BrN3. The fourth-order valence-electron chi connectivity index (χ4n) is 1.35. The molecule has 78 valence electrons. The van der Waals surface area contributed by atoms with Crippen LogP contribution in [0.5, 0.6) is 0 Å². The van der Waals surface area contributed by atoms with Crippen LogP contribution in [0, 0.1) is 0 Å². The summed E-state index contributed by atoms with van der Waals surface area (Å²) in [5.41, 5.74) is 6.60. The number of hydrogen-bond donors (Lipinski definition) is 1. The van der Waals surface area contributed by atoms with E-state index < -0.39 is 0 Å². The van der Waals surface area contributed by atoms with Gasteiger partial charge in [0.25, 0.3) is 0 Å². The van der Waals surface area contributed by atoms with Gasteiger partial charge in [-0.15, -0.1) is 0 Å². The fraction of sp³-hybridized carbons (Fsp3) is 0.500. The fourth-order valence-corrected chi connectivity index (χ4v) is 1.97. The zero-order valence-corrected chi connectivity index (χ0v) is 10.2. The molecule has 0 fully saturated rings. The zero-order chi connectivity index (χ0) is 10.6. The third-order valence-corrected chi connectivity index (χ3v) is 2.48. The summed E-state index contributed by atoms with van der Waals surface area (Å²) in [7, 11) is 0. The highest BCUT2D eigenvalue weighted by Crippen LogP contribution is 2.18. The Hall–Kier alpha value is -0.610. The third-order valence-electron chi connectivity index (χ3n) is 2.05. The van der Waals surface area contributed by atoms with Gasteiger partial charge in [-0.2, -0.15) is 0 Å². The van der Waals surface area contributed by atoms with Gasteiger partial charge >= 0.3 is 0 Å². The lowest BCUT2D eigenvalue weighted by atomic mass is 10.3. The maximum Gasteiger partial charge on any atom is 0.123 e. The normalized spacial score (nSPS) is 22.6. The second kappa shape index (κ2) is 5.32. The average molecular weight is 258 g/mol. The van der Waals surface area contributed by atoms with E-state index in [1.54, 1.807) is 0 Å². The van der Waals surface area contributed by atoms with Crippen molar-refractivity contribution in [2.45, 2.75) is 26.4 Å². The van der Waals surface area contributed by atoms with Gasteiger partial charge in [0.2, 0.25) is 0 Å². The topological polar surface area (TPSA) is 41.6 Å². The van der Waals surface area contributed by atoms with Gasteiger partial charge in [-0.05, 0) is 48.8 Å². The van der Waals surface area contributed by atoms with Crippen LogP contribution in [0.3, 0.4) is 0 Å². The molecule has 2 N–H and O–H groups in total. The molecule has 0 spiro atoms. The van der Waals surface area contributed by atoms with Crippen molar-refractivity contribution < 1.29 is 0 Å². The van der Waals surface area contributed by atoms with Crippen LogP contribution in [0.25, 0.3) is 0 Å². The molecule has 1 rings (SSSR count). The summed E-state index contributed by atoms with van der Waals surface area (Å²) >= 11 is 3.38. The minimum atomic E-state index is 0.156. The van der Waals surface area contributed by atoms with Crippen LogP contribution >= 0.6 is 15.9 Å². The molecule has 0 unspecified atom stereocenters. The molecule has 0 aliphatic carbocycles. The quantitative estimate of drug-likeness (QED) is 0.843. The number of nitrogens with two attached hydrogens (primary N) is 1. The van der Waals surface area contributed by atoms with Crippen LogP contribution in [0.2, 0.25) is 0 Å². The highest BCUT2D eigenvalue weighted by atomic mass is 79.9. The number of allylic oxidation sites excluding steroid dienone is 2. The molecule has 4 heteroatoms. The van der Waals surface area contributed by atoms with Crippen molar-refractivity contribution in [3.63, 3.8) is 0 Å². The van der Waals surface area contributed by atoms with E-state index in [9.17, 15) is 0 Å². The minimum absolute atomic E-state index is 0.156. The van der Waals surface area contributed by atoms with Crippen LogP contribution in [-0.4, -0.2) is 22.2 Å². The van der Waals surface area contributed by atoms with Gasteiger partial charge in [-0.25, -0.2) is 0 Å². The SMILES string of the molecule is CC1=CC(Br)=N[C@@H](C)N1/C=C\CCN. The summed E-state index contributed by atoms with van der Waals surface area (Å²) < 4.78 is 0.908. The Morgan fingerprint density at radius 1 is 1.71 bits per heavy atom. The first-order valence-corrected chi connectivity index (χ1v) is 5.51. The Balaban J connectivity index is 2.67. The van der Waals surface area contributed by atoms with Gasteiger partial charge in [0, 0.05) is 11.9 Å². The summed E-state index contributed by atoms with van der Waals surface area (Å²) in [6, 6.07) is 0. The first-order valence-electron chi connectivity index (χ1n) is 4.72. The van der Waals surface area contributed by atoms with E-state index in [2.05, 4.69) is 45.7 Å². The van der Waals surface area contributed by atoms with Gasteiger partial charge in [-0.3, -0.25) is 4.99 Å². The lowest BCUT2D eigenvalue weighted by Crippen LogP contribution is -2.28. The van der Waals surface area contributed by atoms with Crippen LogP contribution in [0.15, 0.2) is 29.0 Å². The number of aliphatic imine (C=N–C) groups is 1. The molecule has 0 saturated heterocycles. The van der Waals surface area contributed by atoms with E-state index in [1.165, 1.54) is 5.70 Å². The van der Waals surface area contributed by atoms with Crippen molar-refractivity contribution in [1.82, 2.24) is 4.90 Å². The Bertz CT molecular complexity index is 281. The molecule has 14 heavy (non-hydrogen) atoms. The minimum Gasteiger partial charge on any atom is -0.330 e. The molecule has 0 saturated carbocycles. The van der Waals surface area contributed by atoms with Gasteiger partial charge in [-0.1, -0.05) is 6.08 Å². The zero-order valence-electron chi connectivity index (χ0n) is 8.57. The predicted octanol–water partition coefficient (Wildman–Crippen LogP) is 2.21. The lowest BCUT2D eigenvalue weighted by Gasteiger charge is -2.28. The highest BCUT2D eigenvalue weighted by Gasteiger charge is 2.14. The van der Waals surface area contributed by atoms with Gasteiger partial charge in [0.15, 0.2) is 0 Å². The van der Waals surface area contributed by atoms with Crippen molar-refractivity contribution >= 4 is 20.6 Å². The van der Waals surface area contributed by atoms with Gasteiger partial charge < -0.3 is 10.6 Å². The monoisotopic (exact) mass is 257 g/mol. The number of halogens is 1. The Kier molecular flexibility index (Phi) is 4.35. The molecule has 0 aromatic heterocycles. The van der Waals surface area contributed by atoms with Crippen molar-refractivity contribution in [2.24, 2.45) is 10.7 Å². The number of nitrogens with zero attached hydrogens (tertiary/aromatic N) is 2. The van der Waals surface area contributed by atoms with Crippen LogP contribution in [-0.2, 0) is 0 Å². The average Bonchev–Trinajstić information content (AvgIpc) is 2.09. The maximum absolute atomic E-state index is 5.42. The second-order valence-corrected chi connectivity index (χ2v) is 4.05. The molecule has 0 bridgehead atoms. The predicted molar refractivity (Wildman–Crippen MR) is 64.2 cm³/mol. The van der Waals surface area contributed by atoms with E-state index >= 15 is 0 Å². The number of rotatable bonds is 3. The van der Waals surface area contributed by atoms with Crippen LogP contribution in [0.1, 0.15) is 20.3 Å². The van der Waals surface area contributed by atoms with Crippen molar-refractivity contribution in [2.75, 3.05) is 6.54 Å². The molecule has 0 radical (unpaired) electrons. The van der Waals surface area contributed by atoms with E-state index in [0.29, 0.717) is 6.54 Å². The second-order valence-electron chi connectivity index (χ2n) is 3.24. The molecule has 1 aliphatic heterocycles. The molecule has 1 heterocycles. The summed E-state index contributed by atoms with van der Waals surface area (Å²) in [6.07, 6.45) is 7.19. The Morgan fingerprint density at radius 3 is 3.00 bits per heavy atom. The van der Waals surface area contributed by atoms with Gasteiger partial charge in [0.05, 0.1) is 0 Å². The van der Waals surface area contributed by atoms with Crippen LogP contribution < -0.4 is 5.73 Å². The third kappa shape index (κ3) is 2.96. The molecule has 3 nitrogen and oxygen atoms in total. The lowest BCUT2D eigenvalue weighted by molar-refractivity contribution is 0.367. The van der Waals surface area contributed by atoms with Crippen molar-refractivity contribution in [3.8, 4) is 0 Å². The first kappa shape index (κ1) is 11.5. The van der Waals surface area contributed by atoms with E-state index in [1.807, 2.05) is 12.3 Å². The summed E-state index contributed by atoms with van der Waals surface area (Å²) in [5.74, 6) is 0. The van der Waals surface area contributed by atoms with Crippen LogP contribution in [0.4, 0.5) is 0 Å². The molecule has 1 aliphatic rings. The summed E-state index contributed by atoms with van der Waals surface area (Å²) in [4.78, 5) is 6.52.